The smallest absolute Gasteiger partial charge is 0.168 e. The van der Waals surface area contributed by atoms with Crippen LogP contribution < -0.4 is 10.5 Å². The van der Waals surface area contributed by atoms with Crippen LogP contribution in [0.1, 0.15) is 18.8 Å². The van der Waals surface area contributed by atoms with Gasteiger partial charge in [0.15, 0.2) is 5.82 Å². The van der Waals surface area contributed by atoms with E-state index in [9.17, 15) is 0 Å². The Kier molecular flexibility index (Phi) is 3.30. The van der Waals surface area contributed by atoms with Gasteiger partial charge in [0, 0.05) is 5.56 Å². The predicted molar refractivity (Wildman–Crippen MR) is 64.4 cm³/mol. The summed E-state index contributed by atoms with van der Waals surface area (Å²) in [7, 11) is 1.63. The van der Waals surface area contributed by atoms with Crippen LogP contribution in [-0.4, -0.2) is 22.3 Å². The topological polar surface area (TPSA) is 73.9 Å². The van der Waals surface area contributed by atoms with Crippen LogP contribution in [-0.2, 0) is 0 Å². The van der Waals surface area contributed by atoms with Crippen LogP contribution in [0.2, 0.25) is 0 Å². The monoisotopic (exact) mass is 230 g/mol. The third-order valence-corrected chi connectivity index (χ3v) is 2.37. The first-order valence-corrected chi connectivity index (χ1v) is 5.30. The van der Waals surface area contributed by atoms with Crippen molar-refractivity contribution in [3.05, 3.63) is 36.3 Å². The van der Waals surface area contributed by atoms with Gasteiger partial charge >= 0.3 is 0 Å². The minimum absolute atomic E-state index is 0.222. The van der Waals surface area contributed by atoms with Gasteiger partial charge in [-0.3, -0.25) is 0 Å². The van der Waals surface area contributed by atoms with Gasteiger partial charge in [-0.2, -0.15) is 5.10 Å². The third kappa shape index (κ3) is 2.57. The number of rotatable bonds is 3. The highest BCUT2D eigenvalue weighted by Gasteiger charge is 2.06. The van der Waals surface area contributed by atoms with Gasteiger partial charge in [0.05, 0.1) is 25.0 Å². The zero-order chi connectivity index (χ0) is 12.3. The van der Waals surface area contributed by atoms with Gasteiger partial charge in [-0.15, -0.1) is 5.10 Å². The molecule has 0 aliphatic heterocycles. The quantitative estimate of drug-likeness (QED) is 0.866. The minimum Gasteiger partial charge on any atom is -0.497 e. The molecule has 0 fully saturated rings. The first-order valence-electron chi connectivity index (χ1n) is 5.30. The van der Waals surface area contributed by atoms with E-state index in [1.165, 1.54) is 0 Å². The van der Waals surface area contributed by atoms with Crippen LogP contribution in [0, 0.1) is 0 Å². The molecule has 1 atom stereocenters. The number of nitrogens with zero attached hydrogens (tertiary/aromatic N) is 3. The summed E-state index contributed by atoms with van der Waals surface area (Å²) in [6, 6.07) is 7.38. The molecule has 1 heterocycles. The van der Waals surface area contributed by atoms with Gasteiger partial charge in [0.25, 0.3) is 0 Å². The summed E-state index contributed by atoms with van der Waals surface area (Å²) in [6.45, 7) is 1.83. The molecule has 5 heteroatoms. The van der Waals surface area contributed by atoms with E-state index in [0.29, 0.717) is 5.82 Å². The molecule has 0 radical (unpaired) electrons. The Balaban J connectivity index is 2.35. The number of benzene rings is 1. The van der Waals surface area contributed by atoms with Crippen molar-refractivity contribution in [1.82, 2.24) is 15.2 Å². The third-order valence-electron chi connectivity index (χ3n) is 2.37. The summed E-state index contributed by atoms with van der Waals surface area (Å²) in [5.41, 5.74) is 7.44. The van der Waals surface area contributed by atoms with E-state index in [4.69, 9.17) is 10.5 Å². The van der Waals surface area contributed by atoms with E-state index in [-0.39, 0.29) is 6.04 Å². The Morgan fingerprint density at radius 3 is 2.53 bits per heavy atom. The van der Waals surface area contributed by atoms with Gasteiger partial charge < -0.3 is 10.5 Å². The molecular weight excluding hydrogens is 216 g/mol. The minimum atomic E-state index is -0.222. The van der Waals surface area contributed by atoms with Gasteiger partial charge in [-0.1, -0.05) is 0 Å². The van der Waals surface area contributed by atoms with E-state index in [1.54, 1.807) is 13.3 Å². The lowest BCUT2D eigenvalue weighted by atomic mass is 10.1. The van der Waals surface area contributed by atoms with Gasteiger partial charge in [-0.05, 0) is 31.2 Å². The zero-order valence-electron chi connectivity index (χ0n) is 9.79. The van der Waals surface area contributed by atoms with Crippen molar-refractivity contribution in [2.24, 2.45) is 5.73 Å². The highest BCUT2D eigenvalue weighted by Crippen LogP contribution is 2.20. The number of aromatic nitrogens is 3. The summed E-state index contributed by atoms with van der Waals surface area (Å²) >= 11 is 0. The Morgan fingerprint density at radius 1 is 1.24 bits per heavy atom. The molecule has 88 valence electrons. The largest absolute Gasteiger partial charge is 0.497 e. The van der Waals surface area contributed by atoms with Crippen molar-refractivity contribution in [3.63, 3.8) is 0 Å². The predicted octanol–water partition coefficient (Wildman–Crippen LogP) is 1.57. The molecular formula is C12H14N4O. The summed E-state index contributed by atoms with van der Waals surface area (Å²) < 4.78 is 5.10. The molecule has 1 aromatic carbocycles. The second kappa shape index (κ2) is 4.88. The summed E-state index contributed by atoms with van der Waals surface area (Å²) in [5.74, 6) is 1.35. The number of methoxy groups -OCH3 is 1. The van der Waals surface area contributed by atoms with E-state index in [2.05, 4.69) is 15.2 Å². The Labute approximate surface area is 99.7 Å². The summed E-state index contributed by atoms with van der Waals surface area (Å²) in [4.78, 5) is 4.36. The van der Waals surface area contributed by atoms with Crippen LogP contribution in [0.4, 0.5) is 0 Å². The average Bonchev–Trinajstić information content (AvgIpc) is 2.39. The second-order valence-corrected chi connectivity index (χ2v) is 3.72. The highest BCUT2D eigenvalue weighted by molar-refractivity contribution is 5.58. The molecule has 0 aliphatic rings. The van der Waals surface area contributed by atoms with Crippen LogP contribution in [0.15, 0.2) is 30.5 Å². The van der Waals surface area contributed by atoms with Gasteiger partial charge in [-0.25, -0.2) is 4.98 Å². The van der Waals surface area contributed by atoms with Crippen molar-refractivity contribution in [1.29, 1.82) is 0 Å². The summed E-state index contributed by atoms with van der Waals surface area (Å²) in [5, 5.41) is 7.79. The number of nitrogens with two attached hydrogens (primary N) is 1. The van der Waals surface area contributed by atoms with E-state index < -0.39 is 0 Å². The van der Waals surface area contributed by atoms with Crippen molar-refractivity contribution in [3.8, 4) is 17.0 Å². The first kappa shape index (κ1) is 11.5. The molecule has 0 bridgehead atoms. The molecule has 2 N–H and O–H groups in total. The van der Waals surface area contributed by atoms with Crippen LogP contribution in [0.25, 0.3) is 11.3 Å². The molecule has 2 rings (SSSR count). The molecule has 5 nitrogen and oxygen atoms in total. The Morgan fingerprint density at radius 2 is 1.94 bits per heavy atom. The van der Waals surface area contributed by atoms with Crippen molar-refractivity contribution >= 4 is 0 Å². The molecule has 0 amide bonds. The fourth-order valence-electron chi connectivity index (χ4n) is 1.41. The van der Waals surface area contributed by atoms with E-state index >= 15 is 0 Å². The van der Waals surface area contributed by atoms with Crippen molar-refractivity contribution in [2.45, 2.75) is 13.0 Å². The maximum absolute atomic E-state index is 5.72. The summed E-state index contributed by atoms with van der Waals surface area (Å²) in [6.07, 6.45) is 1.62. The van der Waals surface area contributed by atoms with Crippen LogP contribution in [0.3, 0.4) is 0 Å². The number of ether oxygens (including phenoxy) is 1. The SMILES string of the molecule is COc1ccc(-c2cnnc(C(C)N)n2)cc1. The molecule has 0 saturated carbocycles. The van der Waals surface area contributed by atoms with Gasteiger partial charge in [0.1, 0.15) is 5.75 Å². The fraction of sp³-hybridized carbons (Fsp3) is 0.250. The molecule has 1 aromatic heterocycles. The van der Waals surface area contributed by atoms with Gasteiger partial charge in [0.2, 0.25) is 0 Å². The molecule has 0 spiro atoms. The first-order chi connectivity index (χ1) is 8.20. The van der Waals surface area contributed by atoms with Crippen molar-refractivity contribution in [2.75, 3.05) is 7.11 Å². The normalized spacial score (nSPS) is 12.2. The standard InChI is InChI=1S/C12H14N4O/c1-8(13)12-15-11(7-14-16-12)9-3-5-10(17-2)6-4-9/h3-8H,13H2,1-2H3. The highest BCUT2D eigenvalue weighted by atomic mass is 16.5. The van der Waals surface area contributed by atoms with E-state index in [1.807, 2.05) is 31.2 Å². The lowest BCUT2D eigenvalue weighted by Crippen LogP contribution is -2.11. The molecule has 0 aliphatic carbocycles. The second-order valence-electron chi connectivity index (χ2n) is 3.72. The lowest BCUT2D eigenvalue weighted by molar-refractivity contribution is 0.415. The Hall–Kier alpha value is -2.01. The maximum Gasteiger partial charge on any atom is 0.168 e. The lowest BCUT2D eigenvalue weighted by Gasteiger charge is -2.06. The van der Waals surface area contributed by atoms with Crippen LogP contribution in [0.5, 0.6) is 5.75 Å². The number of hydrogen-bond acceptors (Lipinski definition) is 5. The Bertz CT molecular complexity index is 496. The zero-order valence-corrected chi connectivity index (χ0v) is 9.79. The number of hydrogen-bond donors (Lipinski definition) is 1. The molecule has 0 saturated heterocycles. The van der Waals surface area contributed by atoms with Crippen molar-refractivity contribution < 1.29 is 4.74 Å². The molecule has 17 heavy (non-hydrogen) atoms. The van der Waals surface area contributed by atoms with E-state index in [0.717, 1.165) is 17.0 Å². The molecule has 1 unspecified atom stereocenters. The van der Waals surface area contributed by atoms with Crippen LogP contribution >= 0.6 is 0 Å². The molecule has 2 aromatic rings. The maximum atomic E-state index is 5.72. The average molecular weight is 230 g/mol. The fourth-order valence-corrected chi connectivity index (χ4v) is 1.41.